The van der Waals surface area contributed by atoms with Gasteiger partial charge in [0, 0.05) is 54.8 Å². The lowest BCUT2D eigenvalue weighted by Gasteiger charge is -2.32. The smallest absolute Gasteiger partial charge is 0.268 e. The summed E-state index contributed by atoms with van der Waals surface area (Å²) in [4.78, 5) is 34.8. The third kappa shape index (κ3) is 4.36. The number of primary amides is 1. The Labute approximate surface area is 195 Å². The van der Waals surface area contributed by atoms with Gasteiger partial charge in [0.15, 0.2) is 0 Å². The van der Waals surface area contributed by atoms with Gasteiger partial charge >= 0.3 is 0 Å². The van der Waals surface area contributed by atoms with E-state index in [0.29, 0.717) is 41.8 Å². The molecule has 0 saturated carbocycles. The molecule has 4 heterocycles. The number of rotatable bonds is 5. The first-order valence-corrected chi connectivity index (χ1v) is 12.0. The van der Waals surface area contributed by atoms with E-state index < -0.39 is 5.91 Å². The van der Waals surface area contributed by atoms with Gasteiger partial charge in [-0.1, -0.05) is 6.07 Å². The number of nitrogens with zero attached hydrogens (tertiary/aromatic N) is 4. The van der Waals surface area contributed by atoms with Crippen LogP contribution in [0.1, 0.15) is 40.1 Å². The van der Waals surface area contributed by atoms with Crippen LogP contribution in [0.15, 0.2) is 30.6 Å². The van der Waals surface area contributed by atoms with Crippen LogP contribution < -0.4 is 10.6 Å². The van der Waals surface area contributed by atoms with E-state index >= 15 is 0 Å². The number of aromatic nitrogens is 3. The van der Waals surface area contributed by atoms with Crippen LogP contribution in [0.4, 0.5) is 5.69 Å². The van der Waals surface area contributed by atoms with Crippen molar-refractivity contribution >= 4 is 28.8 Å². The van der Waals surface area contributed by atoms with E-state index in [4.69, 9.17) is 10.5 Å². The number of nitrogens with one attached hydrogen (secondary N) is 1. The van der Waals surface area contributed by atoms with E-state index in [1.165, 1.54) is 17.8 Å². The lowest BCUT2D eigenvalue weighted by atomic mass is 10.0. The third-order valence-corrected chi connectivity index (χ3v) is 7.23. The molecule has 2 aromatic heterocycles. The Morgan fingerprint density at radius 1 is 1.09 bits per heavy atom. The normalized spacial score (nSPS) is 16.7. The molecule has 9 nitrogen and oxygen atoms in total. The Kier molecular flexibility index (Phi) is 6.10. The number of anilines is 1. The van der Waals surface area contributed by atoms with Gasteiger partial charge < -0.3 is 20.3 Å². The Balaban J connectivity index is 1.59. The molecule has 172 valence electrons. The average Bonchev–Trinajstić information content (AvgIpc) is 3.55. The van der Waals surface area contributed by atoms with Gasteiger partial charge in [-0.05, 0) is 31.4 Å². The summed E-state index contributed by atoms with van der Waals surface area (Å²) in [5, 5.41) is 7.44. The van der Waals surface area contributed by atoms with Gasteiger partial charge in [-0.25, -0.2) is 4.98 Å². The lowest BCUT2D eigenvalue weighted by molar-refractivity contribution is 0.0303. The molecule has 3 N–H and O–H groups in total. The van der Waals surface area contributed by atoms with Crippen molar-refractivity contribution in [3.8, 4) is 21.0 Å². The number of carbonyl (C=O) groups is 2. The van der Waals surface area contributed by atoms with Crippen LogP contribution in [-0.2, 0) is 4.74 Å². The molecule has 2 amide bonds. The fraction of sp³-hybridized carbons (Fsp3) is 0.391. The second-order valence-corrected chi connectivity index (χ2v) is 9.23. The SMILES string of the molecule is NC(=O)c1nc(-c2cn[nH]c2)sc1-c1ccc(C(=O)N2CCOCC2)cc1N1CCCCC1. The van der Waals surface area contributed by atoms with E-state index in [0.717, 1.165) is 42.7 Å². The molecule has 0 bridgehead atoms. The predicted octanol–water partition coefficient (Wildman–Crippen LogP) is 2.76. The number of nitrogens with two attached hydrogens (primary N) is 1. The zero-order valence-electron chi connectivity index (χ0n) is 18.2. The van der Waals surface area contributed by atoms with Crippen LogP contribution in [0.5, 0.6) is 0 Å². The highest BCUT2D eigenvalue weighted by molar-refractivity contribution is 7.18. The highest BCUT2D eigenvalue weighted by Crippen LogP contribution is 2.41. The Bertz CT molecular complexity index is 1150. The van der Waals surface area contributed by atoms with Gasteiger partial charge in [0.25, 0.3) is 11.8 Å². The van der Waals surface area contributed by atoms with Crippen molar-refractivity contribution in [2.24, 2.45) is 5.73 Å². The maximum absolute atomic E-state index is 13.2. The molecule has 0 atom stereocenters. The molecule has 3 aromatic rings. The van der Waals surface area contributed by atoms with Gasteiger partial charge in [-0.2, -0.15) is 5.10 Å². The highest BCUT2D eigenvalue weighted by Gasteiger charge is 2.26. The fourth-order valence-electron chi connectivity index (χ4n) is 4.36. The monoisotopic (exact) mass is 466 g/mol. The van der Waals surface area contributed by atoms with Crippen molar-refractivity contribution < 1.29 is 14.3 Å². The number of hydrogen-bond donors (Lipinski definition) is 2. The van der Waals surface area contributed by atoms with Gasteiger partial charge in [-0.15, -0.1) is 11.3 Å². The van der Waals surface area contributed by atoms with E-state index in [9.17, 15) is 9.59 Å². The second-order valence-electron chi connectivity index (χ2n) is 8.23. The van der Waals surface area contributed by atoms with E-state index in [2.05, 4.69) is 20.1 Å². The molecule has 1 aromatic carbocycles. The molecule has 33 heavy (non-hydrogen) atoms. The molecular formula is C23H26N6O3S. The first-order chi connectivity index (χ1) is 16.1. The van der Waals surface area contributed by atoms with Crippen molar-refractivity contribution in [1.82, 2.24) is 20.1 Å². The highest BCUT2D eigenvalue weighted by atomic mass is 32.1. The van der Waals surface area contributed by atoms with E-state index in [1.54, 1.807) is 12.4 Å². The number of aromatic amines is 1. The molecule has 0 spiro atoms. The third-order valence-electron chi connectivity index (χ3n) is 6.09. The minimum atomic E-state index is -0.575. The maximum atomic E-state index is 13.2. The molecule has 2 aliphatic rings. The molecule has 0 unspecified atom stereocenters. The minimum absolute atomic E-state index is 0.00150. The topological polar surface area (TPSA) is 117 Å². The second kappa shape index (κ2) is 9.32. The van der Waals surface area contributed by atoms with Gasteiger partial charge in [0.1, 0.15) is 10.7 Å². The molecule has 0 aliphatic carbocycles. The van der Waals surface area contributed by atoms with Crippen LogP contribution >= 0.6 is 11.3 Å². The van der Waals surface area contributed by atoms with Crippen molar-refractivity contribution in [2.45, 2.75) is 19.3 Å². The summed E-state index contributed by atoms with van der Waals surface area (Å²) in [6.07, 6.45) is 6.78. The van der Waals surface area contributed by atoms with E-state index in [1.807, 2.05) is 23.1 Å². The lowest BCUT2D eigenvalue weighted by Crippen LogP contribution is -2.40. The molecule has 2 aliphatic heterocycles. The summed E-state index contributed by atoms with van der Waals surface area (Å²) < 4.78 is 5.39. The molecule has 10 heteroatoms. The molecule has 0 radical (unpaired) electrons. The Hall–Kier alpha value is -3.24. The fourth-order valence-corrected chi connectivity index (χ4v) is 5.45. The number of morpholine rings is 1. The van der Waals surface area contributed by atoms with Gasteiger partial charge in [-0.3, -0.25) is 14.7 Å². The van der Waals surface area contributed by atoms with Crippen LogP contribution in [0.2, 0.25) is 0 Å². The zero-order valence-corrected chi connectivity index (χ0v) is 19.1. The summed E-state index contributed by atoms with van der Waals surface area (Å²) in [7, 11) is 0. The van der Waals surface area contributed by atoms with Crippen LogP contribution in [-0.4, -0.2) is 71.3 Å². The number of carbonyl (C=O) groups excluding carboxylic acids is 2. The Morgan fingerprint density at radius 3 is 2.58 bits per heavy atom. The summed E-state index contributed by atoms with van der Waals surface area (Å²) in [5.74, 6) is -0.573. The molecule has 5 rings (SSSR count). The number of amides is 2. The number of ether oxygens (including phenoxy) is 1. The quantitative estimate of drug-likeness (QED) is 0.597. The number of piperidine rings is 1. The van der Waals surface area contributed by atoms with Crippen molar-refractivity contribution in [3.63, 3.8) is 0 Å². The zero-order chi connectivity index (χ0) is 22.8. The van der Waals surface area contributed by atoms with Crippen molar-refractivity contribution in [1.29, 1.82) is 0 Å². The maximum Gasteiger partial charge on any atom is 0.268 e. The minimum Gasteiger partial charge on any atom is -0.378 e. The van der Waals surface area contributed by atoms with Crippen LogP contribution in [0, 0.1) is 0 Å². The number of hydrogen-bond acceptors (Lipinski definition) is 7. The van der Waals surface area contributed by atoms with Crippen LogP contribution in [0.25, 0.3) is 21.0 Å². The van der Waals surface area contributed by atoms with Crippen molar-refractivity contribution in [3.05, 3.63) is 41.9 Å². The summed E-state index contributed by atoms with van der Waals surface area (Å²) in [6.45, 7) is 4.11. The number of H-pyrrole nitrogens is 1. The summed E-state index contributed by atoms with van der Waals surface area (Å²) in [6, 6.07) is 5.72. The van der Waals surface area contributed by atoms with Gasteiger partial charge in [0.05, 0.1) is 24.3 Å². The van der Waals surface area contributed by atoms with Crippen molar-refractivity contribution in [2.75, 3.05) is 44.3 Å². The standard InChI is InChI=1S/C23H26N6O3S/c24-21(30)19-20(33-22(27-19)16-13-25-26-14-16)17-5-4-15(23(31)29-8-10-32-11-9-29)12-18(17)28-6-2-1-3-7-28/h4-5,12-14H,1-3,6-11H2,(H2,24,30)(H,25,26). The molecular weight excluding hydrogens is 440 g/mol. The Morgan fingerprint density at radius 2 is 1.88 bits per heavy atom. The number of thiazole rings is 1. The predicted molar refractivity (Wildman–Crippen MR) is 126 cm³/mol. The van der Waals surface area contributed by atoms with Gasteiger partial charge in [0.2, 0.25) is 0 Å². The average molecular weight is 467 g/mol. The first-order valence-electron chi connectivity index (χ1n) is 11.2. The summed E-state index contributed by atoms with van der Waals surface area (Å²) >= 11 is 1.41. The van der Waals surface area contributed by atoms with E-state index in [-0.39, 0.29) is 11.6 Å². The summed E-state index contributed by atoms with van der Waals surface area (Å²) in [5.41, 5.74) is 9.21. The van der Waals surface area contributed by atoms with Crippen LogP contribution in [0.3, 0.4) is 0 Å². The molecule has 2 saturated heterocycles. The largest absolute Gasteiger partial charge is 0.378 e. The molecule has 2 fully saturated rings. The first kappa shape index (κ1) is 21.6. The number of benzene rings is 1.